The molecule has 1 aromatic heterocycles. The molecule has 0 unspecified atom stereocenters. The molecule has 0 aliphatic carbocycles. The van der Waals surface area contributed by atoms with E-state index in [1.165, 1.54) is 0 Å². The summed E-state index contributed by atoms with van der Waals surface area (Å²) in [5.74, 6) is 2.11. The quantitative estimate of drug-likeness (QED) is 0.203. The highest BCUT2D eigenvalue weighted by molar-refractivity contribution is 8.02. The van der Waals surface area contributed by atoms with Gasteiger partial charge in [-0.25, -0.2) is 0 Å². The molecule has 0 spiro atoms. The van der Waals surface area contributed by atoms with Crippen LogP contribution in [0, 0.1) is 0 Å². The van der Waals surface area contributed by atoms with Crippen molar-refractivity contribution in [2.24, 2.45) is 0 Å². The molecule has 4 nitrogen and oxygen atoms in total. The summed E-state index contributed by atoms with van der Waals surface area (Å²) in [6.07, 6.45) is 3.32. The highest BCUT2D eigenvalue weighted by Gasteiger charge is 2.47. The molecule has 1 aromatic rings. The Morgan fingerprint density at radius 3 is 2.32 bits per heavy atom. The predicted octanol–water partition coefficient (Wildman–Crippen LogP) is 6.68. The summed E-state index contributed by atoms with van der Waals surface area (Å²) in [5, 5.41) is 12.2. The normalized spacial score (nSPS) is 14.3. The molecule has 1 heterocycles. The van der Waals surface area contributed by atoms with Gasteiger partial charge in [-0.1, -0.05) is 54.9 Å². The second-order valence-corrected chi connectivity index (χ2v) is 14.6. The van der Waals surface area contributed by atoms with Gasteiger partial charge in [0.2, 0.25) is 0 Å². The first kappa shape index (κ1) is 25.3. The van der Waals surface area contributed by atoms with E-state index in [2.05, 4.69) is 48.5 Å². The second kappa shape index (κ2) is 12.8. The summed E-state index contributed by atoms with van der Waals surface area (Å²) in [7, 11) is -2.08. The highest BCUT2D eigenvalue weighted by atomic mass is 32.2. The van der Waals surface area contributed by atoms with Crippen LogP contribution in [0.3, 0.4) is 0 Å². The molecule has 0 amide bonds. The summed E-state index contributed by atoms with van der Waals surface area (Å²) in [5.41, 5.74) is 1.44. The topological polar surface area (TPSA) is 51.8 Å². The molecule has 0 radical (unpaired) electrons. The van der Waals surface area contributed by atoms with Crippen LogP contribution in [0.1, 0.15) is 67.1 Å². The van der Waals surface area contributed by atoms with Crippen LogP contribution in [0.5, 0.6) is 0 Å². The average molecular weight is 429 g/mol. The van der Waals surface area contributed by atoms with E-state index in [-0.39, 0.29) is 0 Å². The van der Waals surface area contributed by atoms with Crippen LogP contribution < -0.4 is 0 Å². The Labute approximate surface area is 177 Å². The first-order valence-corrected chi connectivity index (χ1v) is 13.7. The second-order valence-electron chi connectivity index (χ2n) is 8.29. The van der Waals surface area contributed by atoms with Gasteiger partial charge in [-0.2, -0.15) is 0 Å². The molecular formula is C22H40O4SSi. The van der Waals surface area contributed by atoms with Crippen molar-refractivity contribution in [3.8, 4) is 0 Å². The van der Waals surface area contributed by atoms with Crippen LogP contribution in [-0.2, 0) is 9.16 Å². The Morgan fingerprint density at radius 1 is 1.18 bits per heavy atom. The van der Waals surface area contributed by atoms with Crippen LogP contribution in [0.15, 0.2) is 28.2 Å². The number of aliphatic hydroxyl groups excluding tert-OH is 1. The summed E-state index contributed by atoms with van der Waals surface area (Å²) in [6, 6.07) is 3.83. The molecule has 6 heteroatoms. The van der Waals surface area contributed by atoms with Crippen LogP contribution in [0.2, 0.25) is 16.6 Å². The van der Waals surface area contributed by atoms with Crippen molar-refractivity contribution in [1.29, 1.82) is 0 Å². The van der Waals surface area contributed by atoms with Crippen LogP contribution in [-0.4, -0.2) is 38.5 Å². The van der Waals surface area contributed by atoms with Gasteiger partial charge >= 0.3 is 0 Å². The molecule has 0 aromatic carbocycles. The predicted molar refractivity (Wildman–Crippen MR) is 123 cm³/mol. The lowest BCUT2D eigenvalue weighted by Gasteiger charge is -2.42. The average Bonchev–Trinajstić information content (AvgIpc) is 3.15. The minimum absolute atomic E-state index is 0.375. The van der Waals surface area contributed by atoms with Gasteiger partial charge in [-0.15, -0.1) is 11.8 Å². The first-order chi connectivity index (χ1) is 13.3. The SMILES string of the molecule is CCCCOC[C@H](O)CS/C=C(\O[Si](C(C)C)(C(C)C)C(C)C)c1ccco1. The summed E-state index contributed by atoms with van der Waals surface area (Å²) < 4.78 is 18.0. The van der Waals surface area contributed by atoms with Gasteiger partial charge in [0.15, 0.2) is 11.5 Å². The molecule has 0 aliphatic rings. The third kappa shape index (κ3) is 7.28. The molecule has 162 valence electrons. The van der Waals surface area contributed by atoms with Gasteiger partial charge in [0.1, 0.15) is 0 Å². The number of unbranched alkanes of at least 4 members (excludes halogenated alkanes) is 1. The number of furan rings is 1. The van der Waals surface area contributed by atoms with Crippen molar-refractivity contribution in [3.05, 3.63) is 29.6 Å². The van der Waals surface area contributed by atoms with E-state index in [4.69, 9.17) is 13.6 Å². The van der Waals surface area contributed by atoms with E-state index in [9.17, 15) is 5.11 Å². The monoisotopic (exact) mass is 428 g/mol. The third-order valence-corrected chi connectivity index (χ3v) is 12.1. The maximum atomic E-state index is 10.2. The molecule has 0 bridgehead atoms. The van der Waals surface area contributed by atoms with E-state index in [0.29, 0.717) is 35.6 Å². The van der Waals surface area contributed by atoms with Gasteiger partial charge in [-0.05, 0) is 35.2 Å². The summed E-state index contributed by atoms with van der Waals surface area (Å²) in [6.45, 7) is 16.9. The third-order valence-electron chi connectivity index (χ3n) is 5.19. The van der Waals surface area contributed by atoms with E-state index in [1.54, 1.807) is 18.0 Å². The molecule has 0 aliphatic heterocycles. The lowest BCUT2D eigenvalue weighted by molar-refractivity contribution is 0.0474. The standard InChI is InChI=1S/C22H40O4SSi/c1-8-9-12-24-14-20(23)15-27-16-22(21-11-10-13-25-21)26-28(17(2)3,18(4)5)19(6)7/h10-11,13,16-20,23H,8-9,12,14-15H2,1-7H3/b22-16-/t20-/m0/s1. The van der Waals surface area contributed by atoms with Crippen molar-refractivity contribution in [2.45, 2.75) is 84.0 Å². The smallest absolute Gasteiger partial charge is 0.258 e. The number of hydrogen-bond donors (Lipinski definition) is 1. The van der Waals surface area contributed by atoms with Crippen LogP contribution in [0.4, 0.5) is 0 Å². The number of aliphatic hydroxyl groups is 1. The maximum absolute atomic E-state index is 10.2. The van der Waals surface area contributed by atoms with E-state index < -0.39 is 14.4 Å². The number of ether oxygens (including phenoxy) is 1. The molecule has 0 saturated heterocycles. The molecule has 0 saturated carbocycles. The van der Waals surface area contributed by atoms with Gasteiger partial charge in [0.25, 0.3) is 8.32 Å². The fraction of sp³-hybridized carbons (Fsp3) is 0.727. The van der Waals surface area contributed by atoms with Crippen molar-refractivity contribution in [3.63, 3.8) is 0 Å². The Balaban J connectivity index is 2.88. The van der Waals surface area contributed by atoms with Crippen LogP contribution >= 0.6 is 11.8 Å². The summed E-state index contributed by atoms with van der Waals surface area (Å²) in [4.78, 5) is 0. The van der Waals surface area contributed by atoms with Gasteiger partial charge in [-0.3, -0.25) is 0 Å². The minimum Gasteiger partial charge on any atom is -0.540 e. The fourth-order valence-electron chi connectivity index (χ4n) is 3.84. The molecule has 1 N–H and O–H groups in total. The Morgan fingerprint density at radius 2 is 1.82 bits per heavy atom. The number of rotatable bonds is 14. The molecule has 1 atom stereocenters. The zero-order valence-electron chi connectivity index (χ0n) is 18.7. The lowest BCUT2D eigenvalue weighted by Crippen LogP contribution is -2.47. The first-order valence-electron chi connectivity index (χ1n) is 10.6. The van der Waals surface area contributed by atoms with E-state index >= 15 is 0 Å². The molecular weight excluding hydrogens is 388 g/mol. The molecule has 0 fully saturated rings. The zero-order valence-corrected chi connectivity index (χ0v) is 20.6. The van der Waals surface area contributed by atoms with E-state index in [1.807, 2.05) is 17.5 Å². The van der Waals surface area contributed by atoms with Gasteiger partial charge < -0.3 is 18.7 Å². The van der Waals surface area contributed by atoms with Crippen LogP contribution in [0.25, 0.3) is 5.76 Å². The van der Waals surface area contributed by atoms with Crippen molar-refractivity contribution in [2.75, 3.05) is 19.0 Å². The lowest BCUT2D eigenvalue weighted by atomic mass is 10.3. The Kier molecular flexibility index (Phi) is 11.6. The highest BCUT2D eigenvalue weighted by Crippen LogP contribution is 2.45. The number of hydrogen-bond acceptors (Lipinski definition) is 5. The number of thioether (sulfide) groups is 1. The summed E-state index contributed by atoms with van der Waals surface area (Å²) >= 11 is 1.55. The largest absolute Gasteiger partial charge is 0.540 e. The zero-order chi connectivity index (χ0) is 21.2. The Hall–Kier alpha value is -0.693. The van der Waals surface area contributed by atoms with Gasteiger partial charge in [0.05, 0.1) is 19.0 Å². The molecule has 1 rings (SSSR count). The van der Waals surface area contributed by atoms with E-state index in [0.717, 1.165) is 24.4 Å². The van der Waals surface area contributed by atoms with Crippen molar-refractivity contribution in [1.82, 2.24) is 0 Å². The van der Waals surface area contributed by atoms with Gasteiger partial charge in [0, 0.05) is 17.8 Å². The minimum atomic E-state index is -2.08. The maximum Gasteiger partial charge on any atom is 0.258 e. The fourth-order valence-corrected chi connectivity index (χ4v) is 9.91. The van der Waals surface area contributed by atoms with Crippen molar-refractivity contribution >= 4 is 25.8 Å². The Bertz CT molecular complexity index is 533. The molecule has 28 heavy (non-hydrogen) atoms. The van der Waals surface area contributed by atoms with Crippen molar-refractivity contribution < 1.29 is 18.7 Å².